The number of aliphatic hydroxyl groups is 1. The summed E-state index contributed by atoms with van der Waals surface area (Å²) in [5.41, 5.74) is -0.399. The second-order valence-electron chi connectivity index (χ2n) is 2.61. The van der Waals surface area contributed by atoms with E-state index in [0.29, 0.717) is 0 Å². The summed E-state index contributed by atoms with van der Waals surface area (Å²) in [5, 5.41) is 8.89. The van der Waals surface area contributed by atoms with Crippen LogP contribution in [0.25, 0.3) is 0 Å². The molecule has 0 saturated heterocycles. The van der Waals surface area contributed by atoms with Gasteiger partial charge in [0.15, 0.2) is 6.10 Å². The van der Waals surface area contributed by atoms with Crippen LogP contribution in [0.1, 0.15) is 11.7 Å². The second kappa shape index (κ2) is 3.96. The molecule has 0 aliphatic rings. The van der Waals surface area contributed by atoms with Crippen LogP contribution in [0.2, 0.25) is 10.0 Å². The molecule has 1 nitrogen and oxygen atoms in total. The van der Waals surface area contributed by atoms with Gasteiger partial charge in [0.1, 0.15) is 0 Å². The molecular formula is C8H5Cl2F3O. The van der Waals surface area contributed by atoms with E-state index < -0.39 is 17.8 Å². The van der Waals surface area contributed by atoms with Crippen LogP contribution in [-0.2, 0) is 0 Å². The normalized spacial score (nSPS) is 14.1. The van der Waals surface area contributed by atoms with Gasteiger partial charge in [0.2, 0.25) is 0 Å². The fourth-order valence-corrected chi connectivity index (χ4v) is 1.41. The first-order valence-corrected chi connectivity index (χ1v) is 4.27. The average molecular weight is 245 g/mol. The van der Waals surface area contributed by atoms with E-state index in [-0.39, 0.29) is 10.0 Å². The summed E-state index contributed by atoms with van der Waals surface area (Å²) in [7, 11) is 0. The first kappa shape index (κ1) is 11.6. The fraction of sp³-hybridized carbons (Fsp3) is 0.250. The predicted molar refractivity (Wildman–Crippen MR) is 47.5 cm³/mol. The van der Waals surface area contributed by atoms with Crippen molar-refractivity contribution in [2.24, 2.45) is 0 Å². The lowest BCUT2D eigenvalue weighted by molar-refractivity contribution is -0.206. The Morgan fingerprint density at radius 3 is 2.21 bits per heavy atom. The van der Waals surface area contributed by atoms with Gasteiger partial charge in [0, 0.05) is 15.6 Å². The summed E-state index contributed by atoms with van der Waals surface area (Å²) in [6, 6.07) is 3.42. The zero-order valence-corrected chi connectivity index (χ0v) is 8.16. The van der Waals surface area contributed by atoms with Gasteiger partial charge in [-0.15, -0.1) is 0 Å². The molecule has 6 heteroatoms. The molecule has 0 aromatic heterocycles. The molecule has 0 amide bonds. The third kappa shape index (κ3) is 2.53. The van der Waals surface area contributed by atoms with Gasteiger partial charge in [0.05, 0.1) is 0 Å². The lowest BCUT2D eigenvalue weighted by Gasteiger charge is -2.15. The molecule has 1 aromatic rings. The first-order chi connectivity index (χ1) is 6.32. The molecular weight excluding hydrogens is 240 g/mol. The van der Waals surface area contributed by atoms with Crippen molar-refractivity contribution in [2.45, 2.75) is 12.3 Å². The Bertz CT molecular complexity index is 338. The molecule has 78 valence electrons. The highest BCUT2D eigenvalue weighted by atomic mass is 35.5. The van der Waals surface area contributed by atoms with Crippen molar-refractivity contribution < 1.29 is 18.3 Å². The van der Waals surface area contributed by atoms with Gasteiger partial charge >= 0.3 is 6.18 Å². The fourth-order valence-electron chi connectivity index (χ4n) is 0.900. The van der Waals surface area contributed by atoms with Crippen LogP contribution in [0, 0.1) is 0 Å². The van der Waals surface area contributed by atoms with Gasteiger partial charge in [0.25, 0.3) is 0 Å². The van der Waals surface area contributed by atoms with Crippen LogP contribution in [-0.4, -0.2) is 11.3 Å². The van der Waals surface area contributed by atoms with Gasteiger partial charge < -0.3 is 5.11 Å². The number of alkyl halides is 3. The minimum atomic E-state index is -4.72. The minimum Gasteiger partial charge on any atom is -0.379 e. The third-order valence-corrected chi connectivity index (χ3v) is 2.13. The number of hydrogen-bond donors (Lipinski definition) is 1. The van der Waals surface area contributed by atoms with E-state index in [9.17, 15) is 13.2 Å². The zero-order valence-electron chi connectivity index (χ0n) is 6.65. The molecule has 0 unspecified atom stereocenters. The maximum Gasteiger partial charge on any atom is 0.418 e. The Morgan fingerprint density at radius 2 is 1.79 bits per heavy atom. The smallest absolute Gasteiger partial charge is 0.379 e. The summed E-state index contributed by atoms with van der Waals surface area (Å²) < 4.78 is 36.2. The maximum atomic E-state index is 12.1. The van der Waals surface area contributed by atoms with E-state index >= 15 is 0 Å². The number of rotatable bonds is 1. The largest absolute Gasteiger partial charge is 0.418 e. The van der Waals surface area contributed by atoms with Crippen LogP contribution in [0.4, 0.5) is 13.2 Å². The van der Waals surface area contributed by atoms with E-state index in [1.807, 2.05) is 0 Å². The van der Waals surface area contributed by atoms with Crippen molar-refractivity contribution in [3.8, 4) is 0 Å². The Labute approximate surface area is 88.1 Å². The predicted octanol–water partition coefficient (Wildman–Crippen LogP) is 3.59. The van der Waals surface area contributed by atoms with Crippen LogP contribution < -0.4 is 0 Å². The zero-order chi connectivity index (χ0) is 10.9. The molecule has 0 aliphatic carbocycles. The Balaban J connectivity index is 3.08. The Kier molecular flexibility index (Phi) is 3.29. The van der Waals surface area contributed by atoms with Crippen LogP contribution in [0.3, 0.4) is 0 Å². The molecule has 0 bridgehead atoms. The molecule has 0 aliphatic heterocycles. The summed E-state index contributed by atoms with van der Waals surface area (Å²) in [6.45, 7) is 0. The van der Waals surface area contributed by atoms with Gasteiger partial charge in [-0.2, -0.15) is 13.2 Å². The molecule has 14 heavy (non-hydrogen) atoms. The molecule has 0 saturated carbocycles. The lowest BCUT2D eigenvalue weighted by atomic mass is 10.1. The summed E-state index contributed by atoms with van der Waals surface area (Å²) in [5.74, 6) is 0. The topological polar surface area (TPSA) is 20.2 Å². The van der Waals surface area contributed by atoms with Gasteiger partial charge in [-0.05, 0) is 12.1 Å². The van der Waals surface area contributed by atoms with Crippen LogP contribution in [0.5, 0.6) is 0 Å². The van der Waals surface area contributed by atoms with E-state index in [1.54, 1.807) is 0 Å². The monoisotopic (exact) mass is 244 g/mol. The van der Waals surface area contributed by atoms with E-state index in [1.165, 1.54) is 6.07 Å². The van der Waals surface area contributed by atoms with Gasteiger partial charge in [-0.3, -0.25) is 0 Å². The third-order valence-electron chi connectivity index (χ3n) is 1.57. The van der Waals surface area contributed by atoms with E-state index in [2.05, 4.69) is 0 Å². The maximum absolute atomic E-state index is 12.1. The second-order valence-corrected chi connectivity index (χ2v) is 3.45. The molecule has 1 N–H and O–H groups in total. The van der Waals surface area contributed by atoms with Crippen LogP contribution in [0.15, 0.2) is 18.2 Å². The number of benzene rings is 1. The highest BCUT2D eigenvalue weighted by molar-refractivity contribution is 6.35. The average Bonchev–Trinajstić information content (AvgIpc) is 2.01. The highest BCUT2D eigenvalue weighted by Crippen LogP contribution is 2.36. The summed E-state index contributed by atoms with van der Waals surface area (Å²) in [4.78, 5) is 0. The first-order valence-electron chi connectivity index (χ1n) is 3.52. The van der Waals surface area contributed by atoms with Crippen molar-refractivity contribution in [1.82, 2.24) is 0 Å². The quantitative estimate of drug-likeness (QED) is 0.801. The molecule has 0 radical (unpaired) electrons. The van der Waals surface area contributed by atoms with Crippen molar-refractivity contribution in [1.29, 1.82) is 0 Å². The van der Waals surface area contributed by atoms with Crippen molar-refractivity contribution >= 4 is 23.2 Å². The van der Waals surface area contributed by atoms with E-state index in [4.69, 9.17) is 28.3 Å². The number of aliphatic hydroxyl groups excluding tert-OH is 1. The standard InChI is InChI=1S/C8H5Cl2F3O/c9-4-1-2-5(6(10)3-4)7(14)8(11,12)13/h1-3,7,14H/t7-/m0/s1. The molecule has 0 spiro atoms. The Morgan fingerprint density at radius 1 is 1.21 bits per heavy atom. The van der Waals surface area contributed by atoms with Crippen LogP contribution >= 0.6 is 23.2 Å². The van der Waals surface area contributed by atoms with Gasteiger partial charge in [-0.1, -0.05) is 29.3 Å². The summed E-state index contributed by atoms with van der Waals surface area (Å²) >= 11 is 11.0. The molecule has 1 aromatic carbocycles. The minimum absolute atomic E-state index is 0.206. The Hall–Kier alpha value is -0.450. The molecule has 0 fully saturated rings. The summed E-state index contributed by atoms with van der Waals surface area (Å²) in [6.07, 6.45) is -7.30. The lowest BCUT2D eigenvalue weighted by Crippen LogP contribution is -2.20. The highest BCUT2D eigenvalue weighted by Gasteiger charge is 2.40. The van der Waals surface area contributed by atoms with E-state index in [0.717, 1.165) is 12.1 Å². The number of hydrogen-bond acceptors (Lipinski definition) is 1. The number of halogens is 5. The SMILES string of the molecule is O[C@@H](c1ccc(Cl)cc1Cl)C(F)(F)F. The van der Waals surface area contributed by atoms with Crippen molar-refractivity contribution in [3.63, 3.8) is 0 Å². The van der Waals surface area contributed by atoms with Crippen molar-refractivity contribution in [3.05, 3.63) is 33.8 Å². The van der Waals surface area contributed by atoms with Gasteiger partial charge in [-0.25, -0.2) is 0 Å². The molecule has 1 rings (SSSR count). The van der Waals surface area contributed by atoms with Crippen molar-refractivity contribution in [2.75, 3.05) is 0 Å². The molecule has 1 atom stereocenters. The molecule has 0 heterocycles.